The molecule has 8 heteroatoms. The van der Waals surface area contributed by atoms with Gasteiger partial charge in [-0.05, 0) is 48.9 Å². The van der Waals surface area contributed by atoms with Gasteiger partial charge in [0.1, 0.15) is 0 Å². The van der Waals surface area contributed by atoms with Gasteiger partial charge in [-0.15, -0.1) is 0 Å². The van der Waals surface area contributed by atoms with Crippen LogP contribution in [0.4, 0.5) is 11.4 Å². The van der Waals surface area contributed by atoms with E-state index in [1.165, 1.54) is 18.2 Å². The van der Waals surface area contributed by atoms with Crippen LogP contribution in [0, 0.1) is 6.92 Å². The highest BCUT2D eigenvalue weighted by molar-refractivity contribution is 7.89. The number of nitrogens with one attached hydrogen (secondary N) is 2. The Bertz CT molecular complexity index is 906. The molecule has 0 unspecified atom stereocenters. The predicted molar refractivity (Wildman–Crippen MR) is 95.9 cm³/mol. The summed E-state index contributed by atoms with van der Waals surface area (Å²) in [6.07, 6.45) is 0.373. The van der Waals surface area contributed by atoms with Gasteiger partial charge in [-0.25, -0.2) is 13.6 Å². The molecule has 0 spiro atoms. The average Bonchev–Trinajstić information content (AvgIpc) is 2.55. The van der Waals surface area contributed by atoms with Gasteiger partial charge >= 0.3 is 0 Å². The zero-order valence-corrected chi connectivity index (χ0v) is 14.7. The molecule has 0 saturated carbocycles. The lowest BCUT2D eigenvalue weighted by atomic mass is 10.1. The number of aryl methyl sites for hydroxylation is 1. The minimum atomic E-state index is -3.89. The molecule has 4 N–H and O–H groups in total. The van der Waals surface area contributed by atoms with Crippen molar-refractivity contribution in [3.05, 3.63) is 53.6 Å². The lowest BCUT2D eigenvalue weighted by Gasteiger charge is -2.10. The summed E-state index contributed by atoms with van der Waals surface area (Å²) in [6.45, 7) is 3.45. The molecule has 0 heterocycles. The van der Waals surface area contributed by atoms with E-state index in [0.29, 0.717) is 23.4 Å². The van der Waals surface area contributed by atoms with Crippen molar-refractivity contribution in [2.24, 2.45) is 5.14 Å². The van der Waals surface area contributed by atoms with Gasteiger partial charge in [0.2, 0.25) is 15.9 Å². The molecule has 0 aliphatic carbocycles. The van der Waals surface area contributed by atoms with Crippen LogP contribution in [0.5, 0.6) is 0 Å². The second-order valence-corrected chi connectivity index (χ2v) is 7.02. The summed E-state index contributed by atoms with van der Waals surface area (Å²) in [5.74, 6) is -0.555. The van der Waals surface area contributed by atoms with Crippen LogP contribution < -0.4 is 15.8 Å². The van der Waals surface area contributed by atoms with Crippen molar-refractivity contribution >= 4 is 33.2 Å². The maximum absolute atomic E-state index is 12.4. The summed E-state index contributed by atoms with van der Waals surface area (Å²) < 4.78 is 22.9. The zero-order valence-electron chi connectivity index (χ0n) is 13.9. The molecule has 0 aromatic heterocycles. The molecule has 0 radical (unpaired) electrons. The molecule has 0 fully saturated rings. The topological polar surface area (TPSA) is 118 Å². The van der Waals surface area contributed by atoms with Crippen molar-refractivity contribution in [2.45, 2.75) is 25.2 Å². The first kappa shape index (κ1) is 18.6. The molecule has 0 atom stereocenters. The van der Waals surface area contributed by atoms with Crippen molar-refractivity contribution in [3.63, 3.8) is 0 Å². The summed E-state index contributed by atoms with van der Waals surface area (Å²) >= 11 is 0. The van der Waals surface area contributed by atoms with Gasteiger partial charge in [0.25, 0.3) is 5.91 Å². The van der Waals surface area contributed by atoms with E-state index in [4.69, 9.17) is 5.14 Å². The fourth-order valence-electron chi connectivity index (χ4n) is 2.11. The van der Waals surface area contributed by atoms with Crippen molar-refractivity contribution in [2.75, 3.05) is 10.6 Å². The third-order valence-electron chi connectivity index (χ3n) is 3.53. The van der Waals surface area contributed by atoms with Gasteiger partial charge in [0.05, 0.1) is 4.90 Å². The number of carbonyl (C=O) groups is 2. The van der Waals surface area contributed by atoms with Crippen LogP contribution in [0.1, 0.15) is 29.3 Å². The highest BCUT2D eigenvalue weighted by Crippen LogP contribution is 2.18. The number of nitrogens with two attached hydrogens (primary N) is 1. The molecular weight excluding hydrogens is 342 g/mol. The van der Waals surface area contributed by atoms with Crippen molar-refractivity contribution < 1.29 is 18.0 Å². The van der Waals surface area contributed by atoms with E-state index in [1.807, 2.05) is 0 Å². The molecule has 25 heavy (non-hydrogen) atoms. The minimum absolute atomic E-state index is 0.104. The molecule has 0 aliphatic heterocycles. The number of benzene rings is 2. The summed E-state index contributed by atoms with van der Waals surface area (Å²) in [4.78, 5) is 23.6. The lowest BCUT2D eigenvalue weighted by Crippen LogP contribution is -2.17. The smallest absolute Gasteiger partial charge is 0.255 e. The summed E-state index contributed by atoms with van der Waals surface area (Å²) in [5.41, 5.74) is 1.98. The number of rotatable bonds is 5. The van der Waals surface area contributed by atoms with E-state index in [-0.39, 0.29) is 16.4 Å². The van der Waals surface area contributed by atoms with E-state index in [1.54, 1.807) is 38.1 Å². The number of carbonyl (C=O) groups excluding carboxylic acids is 2. The van der Waals surface area contributed by atoms with Gasteiger partial charge in [-0.2, -0.15) is 0 Å². The standard InChI is InChI=1S/C17H19N3O4S/c1-3-16(21)19-12-5-7-13(8-6-12)20-17(22)15-10-14(25(18,23)24)9-4-11(15)2/h4-10H,3H2,1-2H3,(H,19,21)(H,20,22)(H2,18,23,24). The van der Waals surface area contributed by atoms with Crippen molar-refractivity contribution in [1.29, 1.82) is 0 Å². The van der Waals surface area contributed by atoms with Gasteiger partial charge in [0, 0.05) is 23.4 Å². The van der Waals surface area contributed by atoms with E-state index >= 15 is 0 Å². The number of hydrogen-bond acceptors (Lipinski definition) is 4. The van der Waals surface area contributed by atoms with Gasteiger partial charge in [-0.3, -0.25) is 9.59 Å². The molecule has 132 valence electrons. The van der Waals surface area contributed by atoms with E-state index < -0.39 is 15.9 Å². The Morgan fingerprint density at radius 2 is 1.56 bits per heavy atom. The van der Waals surface area contributed by atoms with Gasteiger partial charge in [0.15, 0.2) is 0 Å². The Kier molecular flexibility index (Phi) is 5.55. The normalized spacial score (nSPS) is 11.0. The SMILES string of the molecule is CCC(=O)Nc1ccc(NC(=O)c2cc(S(N)(=O)=O)ccc2C)cc1. The van der Waals surface area contributed by atoms with Gasteiger partial charge < -0.3 is 10.6 Å². The number of primary sulfonamides is 1. The Balaban J connectivity index is 2.18. The fraction of sp³-hybridized carbons (Fsp3) is 0.176. The Morgan fingerprint density at radius 3 is 2.08 bits per heavy atom. The maximum atomic E-state index is 12.4. The molecule has 0 aliphatic rings. The summed E-state index contributed by atoms with van der Waals surface area (Å²) in [6, 6.07) is 10.7. The third kappa shape index (κ3) is 4.88. The van der Waals surface area contributed by atoms with Crippen LogP contribution in [-0.2, 0) is 14.8 Å². The summed E-state index contributed by atoms with van der Waals surface area (Å²) in [5, 5.41) is 10.5. The summed E-state index contributed by atoms with van der Waals surface area (Å²) in [7, 11) is -3.89. The highest BCUT2D eigenvalue weighted by Gasteiger charge is 2.15. The van der Waals surface area contributed by atoms with Crippen molar-refractivity contribution in [1.82, 2.24) is 0 Å². The minimum Gasteiger partial charge on any atom is -0.326 e. The monoisotopic (exact) mass is 361 g/mol. The second kappa shape index (κ2) is 7.45. The first-order valence-corrected chi connectivity index (χ1v) is 9.10. The Morgan fingerprint density at radius 1 is 1.00 bits per heavy atom. The Labute approximate surface area is 146 Å². The number of hydrogen-bond donors (Lipinski definition) is 3. The largest absolute Gasteiger partial charge is 0.326 e. The van der Waals surface area contributed by atoms with Crippen LogP contribution in [0.25, 0.3) is 0 Å². The van der Waals surface area contributed by atoms with E-state index in [9.17, 15) is 18.0 Å². The van der Waals surface area contributed by atoms with Crippen LogP contribution in [0.15, 0.2) is 47.4 Å². The lowest BCUT2D eigenvalue weighted by molar-refractivity contribution is -0.115. The number of anilines is 2. The Hall–Kier alpha value is -2.71. The first-order valence-electron chi connectivity index (χ1n) is 7.55. The van der Waals surface area contributed by atoms with Crippen LogP contribution in [-0.4, -0.2) is 20.2 Å². The third-order valence-corrected chi connectivity index (χ3v) is 4.44. The van der Waals surface area contributed by atoms with Crippen LogP contribution in [0.3, 0.4) is 0 Å². The molecule has 7 nitrogen and oxygen atoms in total. The van der Waals surface area contributed by atoms with Crippen LogP contribution in [0.2, 0.25) is 0 Å². The maximum Gasteiger partial charge on any atom is 0.255 e. The first-order chi connectivity index (χ1) is 11.7. The quantitative estimate of drug-likeness (QED) is 0.757. The number of amides is 2. The van der Waals surface area contributed by atoms with Gasteiger partial charge in [-0.1, -0.05) is 13.0 Å². The van der Waals surface area contributed by atoms with Crippen LogP contribution >= 0.6 is 0 Å². The molecule has 2 aromatic carbocycles. The zero-order chi connectivity index (χ0) is 18.6. The predicted octanol–water partition coefficient (Wildman–Crippen LogP) is 2.24. The molecule has 0 saturated heterocycles. The highest BCUT2D eigenvalue weighted by atomic mass is 32.2. The number of sulfonamides is 1. The second-order valence-electron chi connectivity index (χ2n) is 5.45. The van der Waals surface area contributed by atoms with E-state index in [0.717, 1.165) is 0 Å². The molecule has 2 rings (SSSR count). The van der Waals surface area contributed by atoms with Crippen molar-refractivity contribution in [3.8, 4) is 0 Å². The van der Waals surface area contributed by atoms with E-state index in [2.05, 4.69) is 10.6 Å². The molecule has 0 bridgehead atoms. The average molecular weight is 361 g/mol. The molecule has 2 amide bonds. The molecule has 2 aromatic rings. The fourth-order valence-corrected chi connectivity index (χ4v) is 2.65. The molecular formula is C17H19N3O4S.